The van der Waals surface area contributed by atoms with Gasteiger partial charge in [-0.1, -0.05) is 27.7 Å². The molecule has 118 valence electrons. The van der Waals surface area contributed by atoms with E-state index in [-0.39, 0.29) is 17.8 Å². The fraction of sp³-hybridized carbons (Fsp3) is 0.929. The van der Waals surface area contributed by atoms with Gasteiger partial charge in [0, 0.05) is 12.3 Å². The lowest BCUT2D eigenvalue weighted by Crippen LogP contribution is -2.55. The molecule has 3 N–H and O–H groups in total. The Balaban J connectivity index is 2.52. The topological polar surface area (TPSA) is 96.2 Å². The molecule has 1 aliphatic heterocycles. The summed E-state index contributed by atoms with van der Waals surface area (Å²) in [7, 11) is 0. The highest BCUT2D eigenvalue weighted by Crippen LogP contribution is 2.27. The van der Waals surface area contributed by atoms with Crippen LogP contribution < -0.4 is 0 Å². The van der Waals surface area contributed by atoms with E-state index in [4.69, 9.17) is 14.6 Å². The van der Waals surface area contributed by atoms with Gasteiger partial charge in [0.2, 0.25) is 0 Å². The van der Waals surface area contributed by atoms with E-state index in [1.54, 1.807) is 6.92 Å². The molecular weight excluding hydrogens is 264 g/mol. The molecule has 0 aromatic heterocycles. The first kappa shape index (κ1) is 17.5. The van der Waals surface area contributed by atoms with E-state index in [9.17, 15) is 15.0 Å². The normalized spacial score (nSPS) is 35.0. The largest absolute Gasteiger partial charge is 0.394 e. The summed E-state index contributed by atoms with van der Waals surface area (Å²) in [5.74, 6) is -0.523. The molecule has 20 heavy (non-hydrogen) atoms. The highest BCUT2D eigenvalue weighted by atomic mass is 16.7. The summed E-state index contributed by atoms with van der Waals surface area (Å²) in [4.78, 5) is 11.8. The maximum atomic E-state index is 11.8. The van der Waals surface area contributed by atoms with Crippen molar-refractivity contribution in [2.24, 2.45) is 11.3 Å². The summed E-state index contributed by atoms with van der Waals surface area (Å²) < 4.78 is 10.8. The van der Waals surface area contributed by atoms with Crippen LogP contribution in [0.15, 0.2) is 0 Å². The van der Waals surface area contributed by atoms with E-state index >= 15 is 0 Å². The van der Waals surface area contributed by atoms with Crippen molar-refractivity contribution in [3.8, 4) is 0 Å². The van der Waals surface area contributed by atoms with Gasteiger partial charge in [-0.25, -0.2) is 0 Å². The Morgan fingerprint density at radius 1 is 1.25 bits per heavy atom. The molecule has 0 aromatic carbocycles. The van der Waals surface area contributed by atoms with Gasteiger partial charge < -0.3 is 24.8 Å². The number of rotatable bonds is 5. The van der Waals surface area contributed by atoms with Crippen LogP contribution in [0.1, 0.15) is 34.1 Å². The quantitative estimate of drug-likeness (QED) is 0.664. The fourth-order valence-corrected chi connectivity index (χ4v) is 2.23. The lowest BCUT2D eigenvalue weighted by molar-refractivity contribution is -0.280. The summed E-state index contributed by atoms with van der Waals surface area (Å²) in [6, 6.07) is 0. The molecule has 0 saturated carbocycles. The molecule has 1 heterocycles. The van der Waals surface area contributed by atoms with Crippen LogP contribution in [0.4, 0.5) is 0 Å². The molecule has 0 aliphatic carbocycles. The zero-order valence-electron chi connectivity index (χ0n) is 12.6. The molecule has 6 heteroatoms. The van der Waals surface area contributed by atoms with Gasteiger partial charge >= 0.3 is 0 Å². The summed E-state index contributed by atoms with van der Waals surface area (Å²) in [5, 5.41) is 28.7. The van der Waals surface area contributed by atoms with Crippen molar-refractivity contribution < 1.29 is 29.6 Å². The zero-order valence-corrected chi connectivity index (χ0v) is 12.6. The van der Waals surface area contributed by atoms with Gasteiger partial charge in [-0.2, -0.15) is 0 Å². The average molecular weight is 290 g/mol. The van der Waals surface area contributed by atoms with Gasteiger partial charge in [-0.3, -0.25) is 4.79 Å². The van der Waals surface area contributed by atoms with E-state index in [1.165, 1.54) is 0 Å². The van der Waals surface area contributed by atoms with Crippen molar-refractivity contribution in [1.82, 2.24) is 0 Å². The van der Waals surface area contributed by atoms with E-state index in [1.807, 2.05) is 20.8 Å². The van der Waals surface area contributed by atoms with E-state index in [0.717, 1.165) is 0 Å². The van der Waals surface area contributed by atoms with Gasteiger partial charge in [0.15, 0.2) is 12.1 Å². The summed E-state index contributed by atoms with van der Waals surface area (Å²) in [5.41, 5.74) is -0.108. The second kappa shape index (κ2) is 6.95. The van der Waals surface area contributed by atoms with Crippen molar-refractivity contribution in [2.75, 3.05) is 13.2 Å². The van der Waals surface area contributed by atoms with Crippen LogP contribution in [-0.4, -0.2) is 58.9 Å². The molecule has 0 radical (unpaired) electrons. The predicted octanol–water partition coefficient (Wildman–Crippen LogP) is 0.0834. The molecule has 5 unspecified atom stereocenters. The van der Waals surface area contributed by atoms with Crippen LogP contribution in [-0.2, 0) is 14.3 Å². The van der Waals surface area contributed by atoms with E-state index in [0.29, 0.717) is 6.42 Å². The third-order valence-electron chi connectivity index (χ3n) is 3.32. The Kier molecular flexibility index (Phi) is 6.09. The number of hydrogen-bond donors (Lipinski definition) is 3. The number of carbonyl (C=O) groups excluding carboxylic acids is 1. The average Bonchev–Trinajstić information content (AvgIpc) is 2.33. The van der Waals surface area contributed by atoms with Gasteiger partial charge in [0.25, 0.3) is 0 Å². The third kappa shape index (κ3) is 4.79. The van der Waals surface area contributed by atoms with Gasteiger partial charge in [-0.15, -0.1) is 0 Å². The Labute approximate surface area is 119 Å². The van der Waals surface area contributed by atoms with Crippen LogP contribution in [0.25, 0.3) is 0 Å². The first-order chi connectivity index (χ1) is 9.15. The minimum Gasteiger partial charge on any atom is -0.394 e. The monoisotopic (exact) mass is 290 g/mol. The van der Waals surface area contributed by atoms with E-state index in [2.05, 4.69) is 0 Å². The molecule has 0 aromatic rings. The second-order valence-electron chi connectivity index (χ2n) is 6.65. The maximum absolute atomic E-state index is 11.8. The molecular formula is C14H26O6. The zero-order chi connectivity index (χ0) is 15.5. The number of aliphatic hydroxyl groups is 3. The summed E-state index contributed by atoms with van der Waals surface area (Å²) >= 11 is 0. The van der Waals surface area contributed by atoms with Crippen molar-refractivity contribution in [1.29, 1.82) is 0 Å². The number of carbonyl (C=O) groups is 1. The SMILES string of the molecule is CC1C(OCC(=O)CC(C)(C)C)OC(CO)C(O)C1O. The van der Waals surface area contributed by atoms with Crippen molar-refractivity contribution in [2.45, 2.75) is 58.7 Å². The van der Waals surface area contributed by atoms with Crippen LogP contribution in [0.3, 0.4) is 0 Å². The molecule has 0 bridgehead atoms. The number of aliphatic hydroxyl groups excluding tert-OH is 3. The number of hydrogen-bond acceptors (Lipinski definition) is 6. The van der Waals surface area contributed by atoms with Gasteiger partial charge in [-0.05, 0) is 5.41 Å². The molecule has 1 fully saturated rings. The minimum atomic E-state index is -1.15. The molecule has 1 saturated heterocycles. The molecule has 0 spiro atoms. The number of Topliss-reactive ketones (excluding diaryl/α,β-unsaturated/α-hetero) is 1. The first-order valence-corrected chi connectivity index (χ1v) is 6.91. The minimum absolute atomic E-state index is 0.0468. The highest BCUT2D eigenvalue weighted by Gasteiger charge is 2.42. The Bertz CT molecular complexity index is 322. The summed E-state index contributed by atoms with van der Waals surface area (Å²) in [6.45, 7) is 7.04. The smallest absolute Gasteiger partial charge is 0.163 e. The molecule has 1 aliphatic rings. The van der Waals surface area contributed by atoms with Crippen LogP contribution in [0, 0.1) is 11.3 Å². The van der Waals surface area contributed by atoms with Crippen molar-refractivity contribution in [3.63, 3.8) is 0 Å². The van der Waals surface area contributed by atoms with Gasteiger partial charge in [0.1, 0.15) is 18.8 Å². The Morgan fingerprint density at radius 2 is 1.85 bits per heavy atom. The molecule has 5 atom stereocenters. The first-order valence-electron chi connectivity index (χ1n) is 6.91. The lowest BCUT2D eigenvalue weighted by atomic mass is 9.90. The molecule has 1 rings (SSSR count). The summed E-state index contributed by atoms with van der Waals surface area (Å²) in [6.07, 6.45) is -3.52. The van der Waals surface area contributed by atoms with Crippen LogP contribution >= 0.6 is 0 Å². The van der Waals surface area contributed by atoms with Crippen LogP contribution in [0.5, 0.6) is 0 Å². The predicted molar refractivity (Wildman–Crippen MR) is 72.0 cm³/mol. The molecule has 6 nitrogen and oxygen atoms in total. The number of ketones is 1. The number of ether oxygens (including phenoxy) is 2. The lowest BCUT2D eigenvalue weighted by Gasteiger charge is -2.40. The Morgan fingerprint density at radius 3 is 2.35 bits per heavy atom. The maximum Gasteiger partial charge on any atom is 0.163 e. The van der Waals surface area contributed by atoms with Gasteiger partial charge in [0.05, 0.1) is 12.7 Å². The second-order valence-corrected chi connectivity index (χ2v) is 6.65. The van der Waals surface area contributed by atoms with Crippen molar-refractivity contribution >= 4 is 5.78 Å². The van der Waals surface area contributed by atoms with Crippen LogP contribution in [0.2, 0.25) is 0 Å². The molecule has 0 amide bonds. The third-order valence-corrected chi connectivity index (χ3v) is 3.32. The van der Waals surface area contributed by atoms with Crippen molar-refractivity contribution in [3.05, 3.63) is 0 Å². The standard InChI is InChI=1S/C14H26O6/c1-8-11(17)12(18)10(6-15)20-13(8)19-7-9(16)5-14(2,3)4/h8,10-13,15,17-18H,5-7H2,1-4H3. The Hall–Kier alpha value is -0.530. The van der Waals surface area contributed by atoms with E-state index < -0.39 is 37.1 Å². The fourth-order valence-electron chi connectivity index (χ4n) is 2.23. The highest BCUT2D eigenvalue weighted by molar-refractivity contribution is 5.80.